The number of carbonyl (C=O) groups excluding carboxylic acids is 1. The molecule has 1 aliphatic rings. The Morgan fingerprint density at radius 1 is 1.29 bits per heavy atom. The summed E-state index contributed by atoms with van der Waals surface area (Å²) in [4.78, 5) is 16.0. The molecular weight excluding hydrogens is 214 g/mol. The molecule has 1 aromatic rings. The van der Waals surface area contributed by atoms with Gasteiger partial charge in [-0.25, -0.2) is 9.79 Å². The highest BCUT2D eigenvalue weighted by molar-refractivity contribution is 6.06. The van der Waals surface area contributed by atoms with Crippen molar-refractivity contribution < 1.29 is 9.53 Å². The summed E-state index contributed by atoms with van der Waals surface area (Å²) in [6, 6.07) is 7.51. The number of hydrogen-bond donors (Lipinski definition) is 0. The summed E-state index contributed by atoms with van der Waals surface area (Å²) in [5.74, 6) is 0.670. The highest BCUT2D eigenvalue weighted by Crippen LogP contribution is 2.19. The van der Waals surface area contributed by atoms with Crippen LogP contribution in [0.3, 0.4) is 0 Å². The second-order valence-electron chi connectivity index (χ2n) is 4.87. The first-order chi connectivity index (χ1) is 8.06. The fraction of sp³-hybridized carbons (Fsp3) is 0.429. The highest BCUT2D eigenvalue weighted by atomic mass is 16.6. The minimum atomic E-state index is -0.327. The van der Waals surface area contributed by atoms with Gasteiger partial charge in [0.2, 0.25) is 5.90 Å². The van der Waals surface area contributed by atoms with E-state index in [1.807, 2.05) is 31.2 Å². The van der Waals surface area contributed by atoms with Crippen molar-refractivity contribution in [2.45, 2.75) is 33.2 Å². The average Bonchev–Trinajstić information content (AvgIpc) is 2.60. The Bertz CT molecular complexity index is 446. The molecule has 3 heteroatoms. The second kappa shape index (κ2) is 4.70. The third kappa shape index (κ3) is 2.73. The zero-order chi connectivity index (χ0) is 12.4. The van der Waals surface area contributed by atoms with Crippen molar-refractivity contribution in [2.24, 2.45) is 10.9 Å². The molecule has 1 aliphatic heterocycles. The van der Waals surface area contributed by atoms with Crippen molar-refractivity contribution in [1.82, 2.24) is 0 Å². The summed E-state index contributed by atoms with van der Waals surface area (Å²) in [5, 5.41) is 0. The lowest BCUT2D eigenvalue weighted by molar-refractivity contribution is -0.135. The van der Waals surface area contributed by atoms with E-state index in [2.05, 4.69) is 18.8 Å². The van der Waals surface area contributed by atoms with Gasteiger partial charge in [0.25, 0.3) is 0 Å². The maximum absolute atomic E-state index is 11.6. The Morgan fingerprint density at radius 2 is 1.94 bits per heavy atom. The van der Waals surface area contributed by atoms with Crippen molar-refractivity contribution in [1.29, 1.82) is 0 Å². The van der Waals surface area contributed by atoms with Crippen LogP contribution in [0, 0.1) is 12.8 Å². The van der Waals surface area contributed by atoms with Crippen LogP contribution in [0.2, 0.25) is 0 Å². The van der Waals surface area contributed by atoms with Crippen LogP contribution < -0.4 is 0 Å². The lowest BCUT2D eigenvalue weighted by atomic mass is 10.1. The molecular formula is C14H17NO2. The fourth-order valence-corrected chi connectivity index (χ4v) is 1.81. The third-order valence-electron chi connectivity index (χ3n) is 2.74. The Kier molecular flexibility index (Phi) is 3.27. The smallest absolute Gasteiger partial charge is 0.337 e. The van der Waals surface area contributed by atoms with Crippen molar-refractivity contribution in [3.05, 3.63) is 35.4 Å². The molecule has 90 valence electrons. The summed E-state index contributed by atoms with van der Waals surface area (Å²) in [6.45, 7) is 6.17. The van der Waals surface area contributed by atoms with Gasteiger partial charge < -0.3 is 4.74 Å². The first kappa shape index (κ1) is 11.8. The quantitative estimate of drug-likeness (QED) is 0.750. The zero-order valence-corrected chi connectivity index (χ0v) is 10.4. The van der Waals surface area contributed by atoms with Crippen molar-refractivity contribution in [3.8, 4) is 0 Å². The molecule has 0 spiro atoms. The number of rotatable bonds is 3. The van der Waals surface area contributed by atoms with Crippen LogP contribution in [0.15, 0.2) is 29.3 Å². The van der Waals surface area contributed by atoms with Crippen LogP contribution in [0.4, 0.5) is 0 Å². The van der Waals surface area contributed by atoms with Gasteiger partial charge in [-0.05, 0) is 31.4 Å². The first-order valence-corrected chi connectivity index (χ1v) is 5.93. The topological polar surface area (TPSA) is 38.7 Å². The standard InChI is InChI=1S/C14H17NO2/c1-9(2)8-12-14(16)17-13(15-12)11-6-4-10(3)5-7-11/h4-7,9,12H,8H2,1-3H3. The van der Waals surface area contributed by atoms with Gasteiger partial charge in [0.05, 0.1) is 0 Å². The van der Waals surface area contributed by atoms with Gasteiger partial charge in [-0.3, -0.25) is 0 Å². The van der Waals surface area contributed by atoms with Gasteiger partial charge in [-0.15, -0.1) is 0 Å². The number of carbonyl (C=O) groups is 1. The second-order valence-corrected chi connectivity index (χ2v) is 4.87. The molecule has 1 atom stereocenters. The molecule has 3 nitrogen and oxygen atoms in total. The van der Waals surface area contributed by atoms with Gasteiger partial charge in [0.1, 0.15) is 0 Å². The Labute approximate surface area is 102 Å². The summed E-state index contributed by atoms with van der Waals surface area (Å²) < 4.78 is 5.21. The SMILES string of the molecule is Cc1ccc(C2=NC(CC(C)C)C(=O)O2)cc1. The fourth-order valence-electron chi connectivity index (χ4n) is 1.81. The largest absolute Gasteiger partial charge is 0.406 e. The predicted molar refractivity (Wildman–Crippen MR) is 67.1 cm³/mol. The van der Waals surface area contributed by atoms with E-state index < -0.39 is 0 Å². The molecule has 0 saturated heterocycles. The molecule has 1 heterocycles. The molecule has 1 aromatic carbocycles. The number of benzene rings is 1. The van der Waals surface area contributed by atoms with Gasteiger partial charge in [0, 0.05) is 5.56 Å². The Hall–Kier alpha value is -1.64. The van der Waals surface area contributed by atoms with Crippen molar-refractivity contribution in [2.75, 3.05) is 0 Å². The van der Waals surface area contributed by atoms with Crippen molar-refractivity contribution >= 4 is 11.9 Å². The van der Waals surface area contributed by atoms with Gasteiger partial charge in [-0.2, -0.15) is 0 Å². The maximum Gasteiger partial charge on any atom is 0.337 e. The monoisotopic (exact) mass is 231 g/mol. The third-order valence-corrected chi connectivity index (χ3v) is 2.74. The first-order valence-electron chi connectivity index (χ1n) is 5.93. The number of cyclic esters (lactones) is 1. The Balaban J connectivity index is 2.18. The van der Waals surface area contributed by atoms with E-state index >= 15 is 0 Å². The molecule has 0 amide bonds. The number of aliphatic imine (C=N–C) groups is 1. The molecule has 0 saturated carbocycles. The van der Waals surface area contributed by atoms with Crippen LogP contribution in [0.25, 0.3) is 0 Å². The van der Waals surface area contributed by atoms with Crippen LogP contribution in [0.5, 0.6) is 0 Å². The lowest BCUT2D eigenvalue weighted by Crippen LogP contribution is -2.17. The zero-order valence-electron chi connectivity index (χ0n) is 10.4. The van der Waals surface area contributed by atoms with Crippen LogP contribution in [-0.2, 0) is 9.53 Å². The summed E-state index contributed by atoms with van der Waals surface area (Å²) in [6.07, 6.45) is 0.744. The van der Waals surface area contributed by atoms with Crippen molar-refractivity contribution in [3.63, 3.8) is 0 Å². The molecule has 0 N–H and O–H groups in total. The van der Waals surface area contributed by atoms with E-state index in [1.165, 1.54) is 5.56 Å². The molecule has 0 aliphatic carbocycles. The molecule has 1 unspecified atom stereocenters. The molecule has 0 radical (unpaired) electrons. The molecule has 2 rings (SSSR count). The van der Waals surface area contributed by atoms with E-state index in [0.29, 0.717) is 11.8 Å². The minimum absolute atomic E-state index is 0.228. The summed E-state index contributed by atoms with van der Waals surface area (Å²) in [7, 11) is 0. The van der Waals surface area contributed by atoms with E-state index in [1.54, 1.807) is 0 Å². The van der Waals surface area contributed by atoms with E-state index in [0.717, 1.165) is 12.0 Å². The summed E-state index contributed by atoms with van der Waals surface area (Å²) in [5.41, 5.74) is 2.05. The normalized spacial score (nSPS) is 19.4. The van der Waals surface area contributed by atoms with Crippen LogP contribution >= 0.6 is 0 Å². The van der Waals surface area contributed by atoms with Gasteiger partial charge in [0.15, 0.2) is 6.04 Å². The molecule has 0 aromatic heterocycles. The highest BCUT2D eigenvalue weighted by Gasteiger charge is 2.29. The van der Waals surface area contributed by atoms with Crippen LogP contribution in [-0.4, -0.2) is 17.9 Å². The predicted octanol–water partition coefficient (Wildman–Crippen LogP) is 2.71. The van der Waals surface area contributed by atoms with E-state index in [4.69, 9.17) is 4.74 Å². The van der Waals surface area contributed by atoms with Gasteiger partial charge >= 0.3 is 5.97 Å². The van der Waals surface area contributed by atoms with E-state index in [9.17, 15) is 4.79 Å². The average molecular weight is 231 g/mol. The summed E-state index contributed by atoms with van der Waals surface area (Å²) >= 11 is 0. The molecule has 17 heavy (non-hydrogen) atoms. The number of nitrogens with zero attached hydrogens (tertiary/aromatic N) is 1. The number of hydrogen-bond acceptors (Lipinski definition) is 3. The Morgan fingerprint density at radius 3 is 2.53 bits per heavy atom. The van der Waals surface area contributed by atoms with Crippen LogP contribution in [0.1, 0.15) is 31.4 Å². The molecule has 0 bridgehead atoms. The minimum Gasteiger partial charge on any atom is -0.406 e. The lowest BCUT2D eigenvalue weighted by Gasteiger charge is -2.05. The molecule has 0 fully saturated rings. The number of esters is 1. The maximum atomic E-state index is 11.6. The number of aryl methyl sites for hydroxylation is 1. The van der Waals surface area contributed by atoms with E-state index in [-0.39, 0.29) is 12.0 Å². The number of ether oxygens (including phenoxy) is 1. The van der Waals surface area contributed by atoms with Gasteiger partial charge in [-0.1, -0.05) is 31.5 Å².